The highest BCUT2D eigenvalue weighted by Crippen LogP contribution is 2.29. The lowest BCUT2D eigenvalue weighted by molar-refractivity contribution is 0.240. The summed E-state index contributed by atoms with van der Waals surface area (Å²) in [5, 5.41) is 13.3. The third-order valence-electron chi connectivity index (χ3n) is 4.04. The average molecular weight is 233 g/mol. The molecular formula is C15H23NO. The molecule has 1 saturated carbocycles. The summed E-state index contributed by atoms with van der Waals surface area (Å²) in [5.41, 5.74) is 3.21. The van der Waals surface area contributed by atoms with Crippen molar-refractivity contribution in [3.63, 3.8) is 0 Å². The zero-order valence-electron chi connectivity index (χ0n) is 11.1. The van der Waals surface area contributed by atoms with Crippen molar-refractivity contribution in [2.24, 2.45) is 5.92 Å². The third kappa shape index (κ3) is 2.81. The molecule has 2 rings (SSSR count). The molecule has 0 heterocycles. The van der Waals surface area contributed by atoms with Crippen LogP contribution in [-0.2, 0) is 6.54 Å². The zero-order valence-corrected chi connectivity index (χ0v) is 11.1. The monoisotopic (exact) mass is 233 g/mol. The van der Waals surface area contributed by atoms with Crippen LogP contribution in [0.2, 0.25) is 0 Å². The highest BCUT2D eigenvalue weighted by atomic mass is 16.3. The summed E-state index contributed by atoms with van der Waals surface area (Å²) in [6, 6.07) is 4.75. The Hall–Kier alpha value is -1.02. The molecular weight excluding hydrogens is 210 g/mol. The number of aromatic hydroxyl groups is 1. The second-order valence-corrected chi connectivity index (χ2v) is 5.44. The van der Waals surface area contributed by atoms with Crippen LogP contribution in [0.25, 0.3) is 0 Å². The number of phenolic OH excluding ortho intramolecular Hbond substituents is 1. The molecule has 1 fully saturated rings. The van der Waals surface area contributed by atoms with Gasteiger partial charge in [-0.3, -0.25) is 0 Å². The van der Waals surface area contributed by atoms with Gasteiger partial charge in [0.1, 0.15) is 5.75 Å². The molecule has 1 aliphatic rings. The average Bonchev–Trinajstić information content (AvgIpc) is 2.20. The van der Waals surface area contributed by atoms with Crippen LogP contribution in [0.15, 0.2) is 12.1 Å². The van der Waals surface area contributed by atoms with E-state index in [4.69, 9.17) is 0 Å². The van der Waals surface area contributed by atoms with Crippen LogP contribution in [0.3, 0.4) is 0 Å². The molecule has 1 atom stereocenters. The molecule has 0 aliphatic heterocycles. The summed E-state index contributed by atoms with van der Waals surface area (Å²) in [6.07, 6.45) is 4.15. The van der Waals surface area contributed by atoms with Gasteiger partial charge in [-0.05, 0) is 56.2 Å². The van der Waals surface area contributed by atoms with Gasteiger partial charge in [0, 0.05) is 12.6 Å². The molecule has 2 heteroatoms. The van der Waals surface area contributed by atoms with Gasteiger partial charge in [-0.25, -0.2) is 0 Å². The molecule has 1 unspecified atom stereocenters. The first-order valence-corrected chi connectivity index (χ1v) is 6.60. The van der Waals surface area contributed by atoms with Crippen molar-refractivity contribution >= 4 is 0 Å². The van der Waals surface area contributed by atoms with Gasteiger partial charge < -0.3 is 10.4 Å². The van der Waals surface area contributed by atoms with Gasteiger partial charge in [0.25, 0.3) is 0 Å². The molecule has 1 aromatic carbocycles. The fourth-order valence-corrected chi connectivity index (χ4v) is 2.53. The van der Waals surface area contributed by atoms with Crippen LogP contribution in [0.5, 0.6) is 5.75 Å². The van der Waals surface area contributed by atoms with Crippen molar-refractivity contribution < 1.29 is 5.11 Å². The van der Waals surface area contributed by atoms with Crippen molar-refractivity contribution in [3.8, 4) is 5.75 Å². The summed E-state index contributed by atoms with van der Waals surface area (Å²) in [5.74, 6) is 1.30. The quantitative estimate of drug-likeness (QED) is 0.836. The lowest BCUT2D eigenvalue weighted by Crippen LogP contribution is -2.36. The highest BCUT2D eigenvalue weighted by molar-refractivity contribution is 5.42. The molecule has 0 aromatic heterocycles. The van der Waals surface area contributed by atoms with Crippen molar-refractivity contribution in [2.45, 2.75) is 52.6 Å². The van der Waals surface area contributed by atoms with Gasteiger partial charge in [-0.2, -0.15) is 0 Å². The third-order valence-corrected chi connectivity index (χ3v) is 4.04. The molecule has 0 amide bonds. The van der Waals surface area contributed by atoms with Gasteiger partial charge in [-0.15, -0.1) is 0 Å². The Kier molecular flexibility index (Phi) is 3.72. The number of nitrogens with one attached hydrogen (secondary N) is 1. The van der Waals surface area contributed by atoms with Crippen molar-refractivity contribution in [3.05, 3.63) is 28.8 Å². The minimum absolute atomic E-state index is 0.431. The summed E-state index contributed by atoms with van der Waals surface area (Å²) in [4.78, 5) is 0. The topological polar surface area (TPSA) is 32.3 Å². The maximum atomic E-state index is 9.72. The predicted molar refractivity (Wildman–Crippen MR) is 71.2 cm³/mol. The summed E-state index contributed by atoms with van der Waals surface area (Å²) >= 11 is 0. The second-order valence-electron chi connectivity index (χ2n) is 5.44. The zero-order chi connectivity index (χ0) is 12.4. The Morgan fingerprint density at radius 3 is 2.35 bits per heavy atom. The molecule has 2 nitrogen and oxygen atoms in total. The van der Waals surface area contributed by atoms with Gasteiger partial charge in [0.05, 0.1) is 0 Å². The Morgan fingerprint density at radius 1 is 1.29 bits per heavy atom. The van der Waals surface area contributed by atoms with E-state index in [1.807, 2.05) is 13.8 Å². The molecule has 1 aliphatic carbocycles. The summed E-state index contributed by atoms with van der Waals surface area (Å²) in [6.45, 7) is 7.10. The molecule has 0 bridgehead atoms. The van der Waals surface area contributed by atoms with Crippen LogP contribution < -0.4 is 5.32 Å². The number of phenols is 1. The van der Waals surface area contributed by atoms with Crippen LogP contribution in [-0.4, -0.2) is 11.1 Å². The first-order valence-electron chi connectivity index (χ1n) is 6.60. The van der Waals surface area contributed by atoms with Crippen LogP contribution in [0.4, 0.5) is 0 Å². The number of aryl methyl sites for hydroxylation is 2. The van der Waals surface area contributed by atoms with E-state index in [1.54, 1.807) is 0 Å². The Morgan fingerprint density at radius 2 is 1.88 bits per heavy atom. The minimum atomic E-state index is 0.431. The Labute approximate surface area is 104 Å². The minimum Gasteiger partial charge on any atom is -0.507 e. The van der Waals surface area contributed by atoms with Gasteiger partial charge in [0.15, 0.2) is 0 Å². The van der Waals surface area contributed by atoms with E-state index in [0.29, 0.717) is 11.8 Å². The van der Waals surface area contributed by atoms with E-state index in [0.717, 1.165) is 23.6 Å². The van der Waals surface area contributed by atoms with Crippen LogP contribution in [0.1, 0.15) is 42.9 Å². The van der Waals surface area contributed by atoms with Crippen molar-refractivity contribution in [1.82, 2.24) is 5.32 Å². The number of hydrogen-bond donors (Lipinski definition) is 2. The van der Waals surface area contributed by atoms with E-state index in [-0.39, 0.29) is 0 Å². The molecule has 2 N–H and O–H groups in total. The van der Waals surface area contributed by atoms with Gasteiger partial charge in [0.2, 0.25) is 0 Å². The van der Waals surface area contributed by atoms with E-state index in [2.05, 4.69) is 24.4 Å². The lowest BCUT2D eigenvalue weighted by Gasteiger charge is -2.32. The van der Waals surface area contributed by atoms with E-state index in [1.165, 1.54) is 24.8 Å². The SMILES string of the molecule is Cc1cc(CNC(C)C2CCC2)cc(C)c1O. The molecule has 0 spiro atoms. The molecule has 0 radical (unpaired) electrons. The van der Waals surface area contributed by atoms with Gasteiger partial charge in [-0.1, -0.05) is 18.6 Å². The first kappa shape index (κ1) is 12.4. The van der Waals surface area contributed by atoms with Gasteiger partial charge >= 0.3 is 0 Å². The summed E-state index contributed by atoms with van der Waals surface area (Å²) in [7, 11) is 0. The highest BCUT2D eigenvalue weighted by Gasteiger charge is 2.23. The molecule has 94 valence electrons. The normalized spacial score (nSPS) is 17.8. The fraction of sp³-hybridized carbons (Fsp3) is 0.600. The smallest absolute Gasteiger partial charge is 0.121 e. The van der Waals surface area contributed by atoms with Crippen molar-refractivity contribution in [1.29, 1.82) is 0 Å². The van der Waals surface area contributed by atoms with Crippen LogP contribution in [0, 0.1) is 19.8 Å². The molecule has 0 saturated heterocycles. The van der Waals surface area contributed by atoms with Crippen LogP contribution >= 0.6 is 0 Å². The lowest BCUT2D eigenvalue weighted by atomic mass is 9.80. The largest absolute Gasteiger partial charge is 0.507 e. The second kappa shape index (κ2) is 5.09. The maximum Gasteiger partial charge on any atom is 0.121 e. The van der Waals surface area contributed by atoms with E-state index < -0.39 is 0 Å². The maximum absolute atomic E-state index is 9.72. The molecule has 1 aromatic rings. The van der Waals surface area contributed by atoms with E-state index >= 15 is 0 Å². The summed E-state index contributed by atoms with van der Waals surface area (Å²) < 4.78 is 0. The number of hydrogen-bond acceptors (Lipinski definition) is 2. The fourth-order valence-electron chi connectivity index (χ4n) is 2.53. The number of benzene rings is 1. The molecule has 17 heavy (non-hydrogen) atoms. The predicted octanol–water partition coefficient (Wildman–Crippen LogP) is 3.29. The first-order chi connectivity index (χ1) is 8.08. The standard InChI is InChI=1S/C15H23NO/c1-10-7-13(8-11(2)15(10)17)9-16-12(3)14-5-4-6-14/h7-8,12,14,16-17H,4-6,9H2,1-3H3. The Balaban J connectivity index is 1.94. The number of rotatable bonds is 4. The van der Waals surface area contributed by atoms with Crippen molar-refractivity contribution in [2.75, 3.05) is 0 Å². The van der Waals surface area contributed by atoms with E-state index in [9.17, 15) is 5.11 Å². The Bertz CT molecular complexity index is 373.